The van der Waals surface area contributed by atoms with E-state index < -0.39 is 11.6 Å². The number of carbonyl (C=O) groups is 1. The Morgan fingerprint density at radius 2 is 1.90 bits per heavy atom. The topological polar surface area (TPSA) is 32.3 Å². The third-order valence-electron chi connectivity index (χ3n) is 3.56. The summed E-state index contributed by atoms with van der Waals surface area (Å²) in [4.78, 5) is 13.5. The molecule has 0 saturated carbocycles. The molecular formula is C16H14F2N2O. The molecular weight excluding hydrogens is 274 g/mol. The molecule has 0 aliphatic carbocycles. The van der Waals surface area contributed by atoms with Gasteiger partial charge in [-0.05, 0) is 24.6 Å². The first-order valence-corrected chi connectivity index (χ1v) is 6.68. The maximum atomic E-state index is 14.0. The SMILES string of the molecule is Cc1ccccc1N1CCC(=O)Nc2c(F)cc(F)cc21. The molecule has 1 aliphatic rings. The van der Waals surface area contributed by atoms with Gasteiger partial charge in [-0.15, -0.1) is 0 Å². The van der Waals surface area contributed by atoms with E-state index in [1.807, 2.05) is 31.2 Å². The lowest BCUT2D eigenvalue weighted by Crippen LogP contribution is -2.19. The van der Waals surface area contributed by atoms with E-state index in [1.54, 1.807) is 4.90 Å². The summed E-state index contributed by atoms with van der Waals surface area (Å²) in [6.07, 6.45) is 0.212. The predicted molar refractivity (Wildman–Crippen MR) is 77.8 cm³/mol. The Balaban J connectivity index is 2.20. The smallest absolute Gasteiger partial charge is 0.226 e. The van der Waals surface area contributed by atoms with Crippen molar-refractivity contribution in [2.75, 3.05) is 16.8 Å². The van der Waals surface area contributed by atoms with Gasteiger partial charge in [0.15, 0.2) is 5.82 Å². The Morgan fingerprint density at radius 3 is 2.67 bits per heavy atom. The zero-order chi connectivity index (χ0) is 15.0. The normalized spacial score (nSPS) is 14.4. The molecule has 3 rings (SSSR count). The summed E-state index contributed by atoms with van der Waals surface area (Å²) in [7, 11) is 0. The Morgan fingerprint density at radius 1 is 1.14 bits per heavy atom. The molecule has 0 fully saturated rings. The van der Waals surface area contributed by atoms with Crippen LogP contribution in [0.15, 0.2) is 36.4 Å². The third-order valence-corrected chi connectivity index (χ3v) is 3.56. The Labute approximate surface area is 121 Å². The molecule has 1 heterocycles. The average Bonchev–Trinajstić information content (AvgIpc) is 2.59. The van der Waals surface area contributed by atoms with E-state index in [4.69, 9.17) is 0 Å². The number of hydrogen-bond donors (Lipinski definition) is 1. The van der Waals surface area contributed by atoms with Gasteiger partial charge in [0.1, 0.15) is 11.5 Å². The molecule has 0 unspecified atom stereocenters. The second-order valence-corrected chi connectivity index (χ2v) is 5.02. The van der Waals surface area contributed by atoms with Crippen LogP contribution in [0.25, 0.3) is 0 Å². The van der Waals surface area contributed by atoms with Crippen LogP contribution >= 0.6 is 0 Å². The van der Waals surface area contributed by atoms with Crippen LogP contribution in [0, 0.1) is 18.6 Å². The van der Waals surface area contributed by atoms with Crippen molar-refractivity contribution < 1.29 is 13.6 Å². The summed E-state index contributed by atoms with van der Waals surface area (Å²) in [6.45, 7) is 2.29. The van der Waals surface area contributed by atoms with Crippen molar-refractivity contribution in [1.82, 2.24) is 0 Å². The van der Waals surface area contributed by atoms with E-state index in [0.717, 1.165) is 17.3 Å². The van der Waals surface area contributed by atoms with Crippen LogP contribution in [0.2, 0.25) is 0 Å². The van der Waals surface area contributed by atoms with Crippen molar-refractivity contribution in [1.29, 1.82) is 0 Å². The molecule has 0 spiro atoms. The number of nitrogens with zero attached hydrogens (tertiary/aromatic N) is 1. The van der Waals surface area contributed by atoms with E-state index in [2.05, 4.69) is 5.32 Å². The zero-order valence-electron chi connectivity index (χ0n) is 11.5. The highest BCUT2D eigenvalue weighted by molar-refractivity contribution is 5.97. The molecule has 2 aromatic carbocycles. The number of nitrogens with one attached hydrogen (secondary N) is 1. The fourth-order valence-electron chi connectivity index (χ4n) is 2.55. The minimum Gasteiger partial charge on any atom is -0.339 e. The summed E-state index contributed by atoms with van der Waals surface area (Å²) in [5.41, 5.74) is 2.18. The number of carbonyl (C=O) groups excluding carboxylic acids is 1. The molecule has 2 aromatic rings. The van der Waals surface area contributed by atoms with E-state index in [-0.39, 0.29) is 18.0 Å². The summed E-state index contributed by atoms with van der Waals surface area (Å²) in [6, 6.07) is 9.57. The van der Waals surface area contributed by atoms with E-state index in [1.165, 1.54) is 6.07 Å². The van der Waals surface area contributed by atoms with Gasteiger partial charge < -0.3 is 10.2 Å². The van der Waals surface area contributed by atoms with Crippen LogP contribution in [-0.2, 0) is 4.79 Å². The van der Waals surface area contributed by atoms with Gasteiger partial charge in [-0.25, -0.2) is 8.78 Å². The van der Waals surface area contributed by atoms with Crippen molar-refractivity contribution >= 4 is 23.0 Å². The van der Waals surface area contributed by atoms with E-state index in [9.17, 15) is 13.6 Å². The molecule has 1 aliphatic heterocycles. The molecule has 0 aromatic heterocycles. The largest absolute Gasteiger partial charge is 0.339 e. The number of amides is 1. The minimum atomic E-state index is -0.765. The Kier molecular flexibility index (Phi) is 3.33. The summed E-state index contributed by atoms with van der Waals surface area (Å²) < 4.78 is 27.6. The lowest BCUT2D eigenvalue weighted by atomic mass is 10.1. The van der Waals surface area contributed by atoms with Gasteiger partial charge in [0.05, 0.1) is 5.69 Å². The van der Waals surface area contributed by atoms with Crippen molar-refractivity contribution in [2.24, 2.45) is 0 Å². The van der Waals surface area contributed by atoms with Crippen LogP contribution in [0.1, 0.15) is 12.0 Å². The maximum Gasteiger partial charge on any atom is 0.226 e. The Hall–Kier alpha value is -2.43. The highest BCUT2D eigenvalue weighted by Crippen LogP contribution is 2.38. The van der Waals surface area contributed by atoms with Crippen LogP contribution in [0.3, 0.4) is 0 Å². The fourth-order valence-corrected chi connectivity index (χ4v) is 2.55. The lowest BCUT2D eigenvalue weighted by Gasteiger charge is -2.26. The highest BCUT2D eigenvalue weighted by atomic mass is 19.1. The molecule has 0 atom stereocenters. The van der Waals surface area contributed by atoms with Crippen molar-refractivity contribution in [3.8, 4) is 0 Å². The molecule has 3 nitrogen and oxygen atoms in total. The number of benzene rings is 2. The van der Waals surface area contributed by atoms with E-state index in [0.29, 0.717) is 12.2 Å². The first kappa shape index (κ1) is 13.5. The summed E-state index contributed by atoms with van der Waals surface area (Å²) >= 11 is 0. The van der Waals surface area contributed by atoms with Crippen molar-refractivity contribution in [2.45, 2.75) is 13.3 Å². The van der Waals surface area contributed by atoms with Gasteiger partial charge in [0, 0.05) is 24.7 Å². The number of para-hydroxylation sites is 1. The van der Waals surface area contributed by atoms with Crippen molar-refractivity contribution in [3.63, 3.8) is 0 Å². The van der Waals surface area contributed by atoms with Gasteiger partial charge in [0.2, 0.25) is 5.91 Å². The van der Waals surface area contributed by atoms with Gasteiger partial charge in [-0.1, -0.05) is 18.2 Å². The van der Waals surface area contributed by atoms with Crippen LogP contribution < -0.4 is 10.2 Å². The van der Waals surface area contributed by atoms with Crippen LogP contribution in [-0.4, -0.2) is 12.5 Å². The predicted octanol–water partition coefficient (Wildman–Crippen LogP) is 3.75. The Bertz CT molecular complexity index is 715. The summed E-state index contributed by atoms with van der Waals surface area (Å²) in [5, 5.41) is 2.51. The number of aryl methyl sites for hydroxylation is 1. The van der Waals surface area contributed by atoms with Crippen LogP contribution in [0.4, 0.5) is 25.8 Å². The highest BCUT2D eigenvalue weighted by Gasteiger charge is 2.24. The first-order valence-electron chi connectivity index (χ1n) is 6.68. The monoisotopic (exact) mass is 288 g/mol. The molecule has 0 bridgehead atoms. The number of rotatable bonds is 1. The lowest BCUT2D eigenvalue weighted by molar-refractivity contribution is -0.115. The third kappa shape index (κ3) is 2.46. The summed E-state index contributed by atoms with van der Waals surface area (Å²) in [5.74, 6) is -1.71. The first-order chi connectivity index (χ1) is 10.1. The number of fused-ring (bicyclic) bond motifs is 1. The second-order valence-electron chi connectivity index (χ2n) is 5.02. The zero-order valence-corrected chi connectivity index (χ0v) is 11.5. The van der Waals surface area contributed by atoms with Gasteiger partial charge in [-0.3, -0.25) is 4.79 Å². The fraction of sp³-hybridized carbons (Fsp3) is 0.188. The minimum absolute atomic E-state index is 0.0298. The molecule has 0 radical (unpaired) electrons. The van der Waals surface area contributed by atoms with Gasteiger partial charge in [-0.2, -0.15) is 0 Å². The molecule has 0 saturated heterocycles. The molecule has 1 amide bonds. The van der Waals surface area contributed by atoms with Crippen LogP contribution in [0.5, 0.6) is 0 Å². The second kappa shape index (κ2) is 5.16. The molecule has 108 valence electrons. The van der Waals surface area contributed by atoms with E-state index >= 15 is 0 Å². The van der Waals surface area contributed by atoms with Gasteiger partial charge in [0.25, 0.3) is 0 Å². The number of hydrogen-bond acceptors (Lipinski definition) is 2. The maximum absolute atomic E-state index is 14.0. The molecule has 21 heavy (non-hydrogen) atoms. The standard InChI is InChI=1S/C16H14F2N2O/c1-10-4-2-3-5-13(10)20-7-6-15(21)19-16-12(18)8-11(17)9-14(16)20/h2-5,8-9H,6-7H2,1H3,(H,19,21). The molecule has 5 heteroatoms. The van der Waals surface area contributed by atoms with Gasteiger partial charge >= 0.3 is 0 Å². The number of anilines is 3. The van der Waals surface area contributed by atoms with Crippen molar-refractivity contribution in [3.05, 3.63) is 53.6 Å². The number of halogens is 2. The quantitative estimate of drug-likeness (QED) is 0.866. The average molecular weight is 288 g/mol. The molecule has 1 N–H and O–H groups in total.